The van der Waals surface area contributed by atoms with E-state index >= 15 is 0 Å². The van der Waals surface area contributed by atoms with Gasteiger partial charge in [0.2, 0.25) is 0 Å². The molecular weight excluding hydrogens is 417 g/mol. The van der Waals surface area contributed by atoms with Crippen molar-refractivity contribution in [2.45, 2.75) is 18.7 Å². The van der Waals surface area contributed by atoms with Crippen molar-refractivity contribution in [3.63, 3.8) is 0 Å². The molecule has 0 N–H and O–H groups in total. The van der Waals surface area contributed by atoms with Crippen LogP contribution in [-0.4, -0.2) is 14.6 Å². The molecule has 3 aromatic rings. The smallest absolute Gasteiger partial charge is 0.339 e. The zero-order valence-corrected chi connectivity index (χ0v) is 17.5. The minimum Gasteiger partial charge on any atom is -0.376 e. The van der Waals surface area contributed by atoms with Gasteiger partial charge in [-0.25, -0.2) is 0 Å². The molecule has 0 amide bonds. The molecule has 144 valence electrons. The molecule has 28 heavy (non-hydrogen) atoms. The average molecular weight is 434 g/mol. The van der Waals surface area contributed by atoms with Crippen LogP contribution in [0.1, 0.15) is 16.7 Å². The maximum atomic E-state index is 12.4. The Bertz CT molecular complexity index is 1120. The molecule has 0 aliphatic carbocycles. The lowest BCUT2D eigenvalue weighted by atomic mass is 10.1. The van der Waals surface area contributed by atoms with Gasteiger partial charge < -0.3 is 4.18 Å². The van der Waals surface area contributed by atoms with E-state index in [9.17, 15) is 8.42 Å². The summed E-state index contributed by atoms with van der Waals surface area (Å²) < 4.78 is 30.0. The lowest BCUT2D eigenvalue weighted by molar-refractivity contribution is 0.486. The normalized spacial score (nSPS) is 11.7. The number of hydrogen-bond acceptors (Lipinski definition) is 4. The molecule has 7 heteroatoms. The van der Waals surface area contributed by atoms with Crippen molar-refractivity contribution in [2.24, 2.45) is 4.99 Å². The van der Waals surface area contributed by atoms with Crippen LogP contribution in [0.25, 0.3) is 0 Å². The molecule has 0 aromatic heterocycles. The van der Waals surface area contributed by atoms with Crippen LogP contribution in [0.3, 0.4) is 0 Å². The number of aryl methyl sites for hydroxylation is 2. The van der Waals surface area contributed by atoms with Gasteiger partial charge in [-0.15, -0.1) is 0 Å². The average Bonchev–Trinajstić information content (AvgIpc) is 2.66. The Labute approximate surface area is 174 Å². The first-order chi connectivity index (χ1) is 13.3. The molecule has 3 aromatic carbocycles. The molecule has 0 heterocycles. The first-order valence-corrected chi connectivity index (χ1v) is 10.5. The summed E-state index contributed by atoms with van der Waals surface area (Å²) in [5.41, 5.74) is 3.59. The second-order valence-electron chi connectivity index (χ2n) is 6.21. The van der Waals surface area contributed by atoms with Crippen LogP contribution >= 0.6 is 23.2 Å². The monoisotopic (exact) mass is 433 g/mol. The zero-order valence-electron chi connectivity index (χ0n) is 15.2. The predicted molar refractivity (Wildman–Crippen MR) is 114 cm³/mol. The lowest BCUT2D eigenvalue weighted by Crippen LogP contribution is -2.10. The van der Waals surface area contributed by atoms with Crippen molar-refractivity contribution in [1.29, 1.82) is 0 Å². The van der Waals surface area contributed by atoms with Gasteiger partial charge in [0, 0.05) is 6.21 Å². The fourth-order valence-corrected chi connectivity index (χ4v) is 4.14. The van der Waals surface area contributed by atoms with Crippen LogP contribution < -0.4 is 4.18 Å². The van der Waals surface area contributed by atoms with Gasteiger partial charge in [-0.2, -0.15) is 8.42 Å². The molecule has 0 radical (unpaired) electrons. The number of rotatable bonds is 5. The van der Waals surface area contributed by atoms with Gasteiger partial charge in [-0.3, -0.25) is 4.99 Å². The van der Waals surface area contributed by atoms with Crippen LogP contribution in [0.2, 0.25) is 10.0 Å². The second-order valence-corrected chi connectivity index (χ2v) is 8.57. The van der Waals surface area contributed by atoms with E-state index < -0.39 is 10.1 Å². The highest BCUT2D eigenvalue weighted by molar-refractivity contribution is 7.87. The largest absolute Gasteiger partial charge is 0.376 e. The van der Waals surface area contributed by atoms with Crippen LogP contribution in [-0.2, 0) is 10.1 Å². The van der Waals surface area contributed by atoms with E-state index in [-0.39, 0.29) is 20.7 Å². The molecule has 0 atom stereocenters. The zero-order chi connectivity index (χ0) is 20.3. The van der Waals surface area contributed by atoms with Gasteiger partial charge in [0.1, 0.15) is 4.90 Å². The fourth-order valence-electron chi connectivity index (χ4n) is 2.48. The summed E-state index contributed by atoms with van der Waals surface area (Å²) >= 11 is 12.5. The Hall–Kier alpha value is -2.34. The van der Waals surface area contributed by atoms with E-state index in [2.05, 4.69) is 4.99 Å². The van der Waals surface area contributed by atoms with E-state index in [0.29, 0.717) is 5.56 Å². The molecule has 0 fully saturated rings. The van der Waals surface area contributed by atoms with Crippen LogP contribution in [0, 0.1) is 13.8 Å². The van der Waals surface area contributed by atoms with E-state index in [0.717, 1.165) is 16.8 Å². The minimum absolute atomic E-state index is 0.0164. The fraction of sp³-hybridized carbons (Fsp3) is 0.0952. The summed E-state index contributed by atoms with van der Waals surface area (Å²) in [4.78, 5) is 4.49. The molecule has 0 spiro atoms. The van der Waals surface area contributed by atoms with Crippen LogP contribution in [0.4, 0.5) is 5.69 Å². The first kappa shape index (κ1) is 20.4. The summed E-state index contributed by atoms with van der Waals surface area (Å²) in [5, 5.41) is 0.156. The van der Waals surface area contributed by atoms with Gasteiger partial charge in [0.15, 0.2) is 5.75 Å². The molecule has 3 rings (SSSR count). The quantitative estimate of drug-likeness (QED) is 0.359. The van der Waals surface area contributed by atoms with E-state index in [1.165, 1.54) is 12.1 Å². The number of halogens is 2. The molecule has 0 saturated heterocycles. The maximum Gasteiger partial charge on any atom is 0.339 e. The number of benzene rings is 3. The Morgan fingerprint density at radius 2 is 1.57 bits per heavy atom. The summed E-state index contributed by atoms with van der Waals surface area (Å²) in [5.74, 6) is -0.115. The Kier molecular flexibility index (Phi) is 6.08. The molecule has 0 aliphatic rings. The van der Waals surface area contributed by atoms with Gasteiger partial charge >= 0.3 is 10.1 Å². The van der Waals surface area contributed by atoms with E-state index in [1.807, 2.05) is 32.0 Å². The molecule has 0 bridgehead atoms. The summed E-state index contributed by atoms with van der Waals surface area (Å²) in [6.45, 7) is 3.96. The Morgan fingerprint density at radius 1 is 0.929 bits per heavy atom. The van der Waals surface area contributed by atoms with Crippen molar-refractivity contribution >= 4 is 45.2 Å². The summed E-state index contributed by atoms with van der Waals surface area (Å²) in [6.07, 6.45) is 1.62. The van der Waals surface area contributed by atoms with E-state index in [1.54, 1.807) is 36.5 Å². The summed E-state index contributed by atoms with van der Waals surface area (Å²) in [6, 6.07) is 16.9. The topological polar surface area (TPSA) is 55.7 Å². The highest BCUT2D eigenvalue weighted by Gasteiger charge is 2.20. The third kappa shape index (κ3) is 4.73. The second kappa shape index (κ2) is 8.35. The highest BCUT2D eigenvalue weighted by Crippen LogP contribution is 2.36. The highest BCUT2D eigenvalue weighted by atomic mass is 35.5. The number of aliphatic imine (C=N–C) groups is 1. The maximum absolute atomic E-state index is 12.4. The van der Waals surface area contributed by atoms with Gasteiger partial charge in [0.05, 0.1) is 15.7 Å². The number of nitrogens with zero attached hydrogens (tertiary/aromatic N) is 1. The summed E-state index contributed by atoms with van der Waals surface area (Å²) in [7, 11) is -4.04. The van der Waals surface area contributed by atoms with Gasteiger partial charge in [-0.05, 0) is 60.9 Å². The standard InChI is InChI=1S/C21H17Cl2NO3S/c1-14-8-9-15(2)20(10-14)24-13-16-11-18(22)21(19(23)12-16)27-28(25,26)17-6-4-3-5-7-17/h3-13H,1-2H3. The van der Waals surface area contributed by atoms with Crippen molar-refractivity contribution in [2.75, 3.05) is 0 Å². The Balaban J connectivity index is 1.89. The molecule has 4 nitrogen and oxygen atoms in total. The van der Waals surface area contributed by atoms with Crippen molar-refractivity contribution in [1.82, 2.24) is 0 Å². The van der Waals surface area contributed by atoms with Crippen LogP contribution in [0.5, 0.6) is 5.75 Å². The first-order valence-electron chi connectivity index (χ1n) is 8.36. The molecular formula is C21H17Cl2NO3S. The van der Waals surface area contributed by atoms with Gasteiger partial charge in [-0.1, -0.05) is 53.5 Å². The van der Waals surface area contributed by atoms with Crippen molar-refractivity contribution < 1.29 is 12.6 Å². The molecule has 0 saturated carbocycles. The third-order valence-electron chi connectivity index (χ3n) is 3.96. The minimum atomic E-state index is -4.04. The van der Waals surface area contributed by atoms with Gasteiger partial charge in [0.25, 0.3) is 0 Å². The Morgan fingerprint density at radius 3 is 2.21 bits per heavy atom. The van der Waals surface area contributed by atoms with Crippen LogP contribution in [0.15, 0.2) is 70.6 Å². The number of hydrogen-bond donors (Lipinski definition) is 0. The third-order valence-corrected chi connectivity index (χ3v) is 5.76. The SMILES string of the molecule is Cc1ccc(C)c(N=Cc2cc(Cl)c(OS(=O)(=O)c3ccccc3)c(Cl)c2)c1. The lowest BCUT2D eigenvalue weighted by Gasteiger charge is -2.11. The molecule has 0 aliphatic heterocycles. The van der Waals surface area contributed by atoms with E-state index in [4.69, 9.17) is 27.4 Å². The predicted octanol–water partition coefficient (Wildman–Crippen LogP) is 6.13. The van der Waals surface area contributed by atoms with Crippen molar-refractivity contribution in [3.05, 3.63) is 87.4 Å². The van der Waals surface area contributed by atoms with Crippen molar-refractivity contribution in [3.8, 4) is 5.75 Å². The molecule has 0 unspecified atom stereocenters.